The quantitative estimate of drug-likeness (QED) is 0.796. The van der Waals surface area contributed by atoms with Crippen molar-refractivity contribution < 1.29 is 5.11 Å². The molecule has 0 saturated carbocycles. The Morgan fingerprint density at radius 3 is 2.55 bits per heavy atom. The predicted molar refractivity (Wildman–Crippen MR) is 90.1 cm³/mol. The third-order valence-electron chi connectivity index (χ3n) is 4.10. The molecule has 2 N–H and O–H groups in total. The Labute approximate surface area is 138 Å². The van der Waals surface area contributed by atoms with Crippen LogP contribution in [-0.2, 0) is 0 Å². The molecule has 0 bridgehead atoms. The Morgan fingerprint density at radius 2 is 1.95 bits per heavy atom. The molecule has 1 fully saturated rings. The van der Waals surface area contributed by atoms with Gasteiger partial charge in [0.2, 0.25) is 0 Å². The second kappa shape index (κ2) is 7.25. The van der Waals surface area contributed by atoms with E-state index in [9.17, 15) is 5.11 Å². The average molecular weight is 406 g/mol. The van der Waals surface area contributed by atoms with E-state index < -0.39 is 0 Å². The van der Waals surface area contributed by atoms with Crippen molar-refractivity contribution in [2.75, 3.05) is 26.2 Å². The van der Waals surface area contributed by atoms with E-state index in [1.807, 2.05) is 6.07 Å². The summed E-state index contributed by atoms with van der Waals surface area (Å²) in [5.41, 5.74) is 1.02. The van der Waals surface area contributed by atoms with Gasteiger partial charge in [0.25, 0.3) is 0 Å². The minimum absolute atomic E-state index is 0.260. The Balaban J connectivity index is 2.40. The highest BCUT2D eigenvalue weighted by atomic mass is 79.9. The molecule has 1 unspecified atom stereocenters. The fourth-order valence-corrected chi connectivity index (χ4v) is 4.12. The Kier molecular flexibility index (Phi) is 5.90. The number of rotatable bonds is 4. The molecular weight excluding hydrogens is 384 g/mol. The van der Waals surface area contributed by atoms with Crippen molar-refractivity contribution in [2.45, 2.75) is 26.3 Å². The Bertz CT molecular complexity index is 461. The number of aromatic hydroxyl groups is 1. The summed E-state index contributed by atoms with van der Waals surface area (Å²) in [6.07, 6.45) is 1.10. The zero-order chi connectivity index (χ0) is 14.7. The number of nitrogens with zero attached hydrogens (tertiary/aromatic N) is 1. The first-order valence-electron chi connectivity index (χ1n) is 7.17. The number of piperazine rings is 1. The minimum Gasteiger partial charge on any atom is -0.506 e. The van der Waals surface area contributed by atoms with Crippen LogP contribution < -0.4 is 5.32 Å². The van der Waals surface area contributed by atoms with E-state index >= 15 is 0 Å². The molecular formula is C15H22Br2N2O. The molecule has 1 aliphatic heterocycles. The molecule has 1 aromatic carbocycles. The highest BCUT2D eigenvalue weighted by Gasteiger charge is 2.29. The third-order valence-corrected chi connectivity index (χ3v) is 5.17. The number of nitrogens with one attached hydrogen (secondary N) is 1. The van der Waals surface area contributed by atoms with Crippen molar-refractivity contribution >= 4 is 31.9 Å². The fraction of sp³-hybridized carbons (Fsp3) is 0.600. The molecule has 112 valence electrons. The molecule has 0 amide bonds. The van der Waals surface area contributed by atoms with Gasteiger partial charge in [0.1, 0.15) is 5.75 Å². The van der Waals surface area contributed by atoms with Crippen LogP contribution in [0.1, 0.15) is 31.9 Å². The summed E-state index contributed by atoms with van der Waals surface area (Å²) in [7, 11) is 0. The van der Waals surface area contributed by atoms with Crippen molar-refractivity contribution in [1.29, 1.82) is 0 Å². The minimum atomic E-state index is 0.260. The Morgan fingerprint density at radius 1 is 1.30 bits per heavy atom. The molecule has 5 heteroatoms. The van der Waals surface area contributed by atoms with Crippen LogP contribution in [-0.4, -0.2) is 36.2 Å². The number of phenolic OH excluding ortho intramolecular Hbond substituents is 1. The molecule has 1 saturated heterocycles. The third kappa shape index (κ3) is 3.56. The Hall–Kier alpha value is -0.100. The summed E-state index contributed by atoms with van der Waals surface area (Å²) >= 11 is 6.99. The van der Waals surface area contributed by atoms with E-state index in [1.165, 1.54) is 0 Å². The first-order valence-corrected chi connectivity index (χ1v) is 8.75. The number of halogens is 2. The molecule has 1 heterocycles. The normalized spacial score (nSPS) is 19.8. The standard InChI is InChI=1S/C15H22Br2N2O/c1-3-10(2)14(19-6-4-18-5-7-19)12-8-11(16)9-13(17)15(12)20/h8-10,14,18,20H,3-7H2,1-2H3/t10?,14-/m1/s1. The largest absolute Gasteiger partial charge is 0.506 e. The van der Waals surface area contributed by atoms with Gasteiger partial charge >= 0.3 is 0 Å². The SMILES string of the molecule is CCC(C)[C@H](c1cc(Br)cc(Br)c1O)N1CCNCC1. The van der Waals surface area contributed by atoms with Gasteiger partial charge in [0, 0.05) is 42.3 Å². The van der Waals surface area contributed by atoms with Crippen LogP contribution in [0, 0.1) is 5.92 Å². The highest BCUT2D eigenvalue weighted by molar-refractivity contribution is 9.11. The van der Waals surface area contributed by atoms with E-state index in [0.29, 0.717) is 11.7 Å². The fourth-order valence-electron chi connectivity index (χ4n) is 2.86. The summed E-state index contributed by atoms with van der Waals surface area (Å²) in [5.74, 6) is 0.872. The van der Waals surface area contributed by atoms with E-state index in [-0.39, 0.29) is 6.04 Å². The molecule has 20 heavy (non-hydrogen) atoms. The lowest BCUT2D eigenvalue weighted by Gasteiger charge is -2.38. The first-order chi connectivity index (χ1) is 9.54. The molecule has 2 rings (SSSR count). The van der Waals surface area contributed by atoms with Gasteiger partial charge in [-0.15, -0.1) is 0 Å². The summed E-state index contributed by atoms with van der Waals surface area (Å²) in [6.45, 7) is 8.56. The van der Waals surface area contributed by atoms with Crippen LogP contribution in [0.4, 0.5) is 0 Å². The van der Waals surface area contributed by atoms with Crippen molar-refractivity contribution in [3.8, 4) is 5.75 Å². The van der Waals surface area contributed by atoms with Crippen LogP contribution >= 0.6 is 31.9 Å². The van der Waals surface area contributed by atoms with Gasteiger partial charge in [0.15, 0.2) is 0 Å². The number of hydrogen-bond acceptors (Lipinski definition) is 3. The maximum Gasteiger partial charge on any atom is 0.134 e. The number of phenols is 1. The van der Waals surface area contributed by atoms with Gasteiger partial charge in [0.05, 0.1) is 4.47 Å². The van der Waals surface area contributed by atoms with Crippen LogP contribution in [0.2, 0.25) is 0 Å². The summed E-state index contributed by atoms with van der Waals surface area (Å²) < 4.78 is 1.76. The maximum atomic E-state index is 10.5. The average Bonchev–Trinajstić information content (AvgIpc) is 2.45. The van der Waals surface area contributed by atoms with Gasteiger partial charge < -0.3 is 10.4 Å². The number of benzene rings is 1. The van der Waals surface area contributed by atoms with Gasteiger partial charge in [-0.1, -0.05) is 36.2 Å². The van der Waals surface area contributed by atoms with Crippen LogP contribution in [0.25, 0.3) is 0 Å². The summed E-state index contributed by atoms with van der Waals surface area (Å²) in [4.78, 5) is 2.48. The maximum absolute atomic E-state index is 10.5. The topological polar surface area (TPSA) is 35.5 Å². The van der Waals surface area contributed by atoms with E-state index in [2.05, 4.69) is 62.0 Å². The molecule has 3 nitrogen and oxygen atoms in total. The van der Waals surface area contributed by atoms with Gasteiger partial charge in [-0.25, -0.2) is 0 Å². The second-order valence-electron chi connectivity index (χ2n) is 5.44. The molecule has 0 radical (unpaired) electrons. The van der Waals surface area contributed by atoms with Gasteiger partial charge in [-0.2, -0.15) is 0 Å². The van der Waals surface area contributed by atoms with Crippen molar-refractivity contribution in [3.63, 3.8) is 0 Å². The monoisotopic (exact) mass is 404 g/mol. The highest BCUT2D eigenvalue weighted by Crippen LogP contribution is 2.41. The zero-order valence-corrected chi connectivity index (χ0v) is 15.2. The second-order valence-corrected chi connectivity index (χ2v) is 7.21. The lowest BCUT2D eigenvalue weighted by Crippen LogP contribution is -2.46. The molecule has 1 aromatic rings. The molecule has 1 aliphatic rings. The lowest BCUT2D eigenvalue weighted by molar-refractivity contribution is 0.126. The van der Waals surface area contributed by atoms with Crippen LogP contribution in [0.3, 0.4) is 0 Å². The molecule has 0 aliphatic carbocycles. The number of hydrogen-bond donors (Lipinski definition) is 2. The van der Waals surface area contributed by atoms with Crippen molar-refractivity contribution in [1.82, 2.24) is 10.2 Å². The van der Waals surface area contributed by atoms with Crippen molar-refractivity contribution in [3.05, 3.63) is 26.6 Å². The summed E-state index contributed by atoms with van der Waals surface area (Å²) in [6, 6.07) is 4.21. The van der Waals surface area contributed by atoms with Gasteiger partial charge in [-0.3, -0.25) is 4.90 Å². The lowest BCUT2D eigenvalue weighted by atomic mass is 9.90. The first kappa shape index (κ1) is 16.3. The van der Waals surface area contributed by atoms with E-state index in [4.69, 9.17) is 0 Å². The molecule has 0 aromatic heterocycles. The van der Waals surface area contributed by atoms with Crippen molar-refractivity contribution in [2.24, 2.45) is 5.92 Å². The summed E-state index contributed by atoms with van der Waals surface area (Å²) in [5, 5.41) is 13.9. The van der Waals surface area contributed by atoms with Crippen LogP contribution in [0.15, 0.2) is 21.1 Å². The van der Waals surface area contributed by atoms with Gasteiger partial charge in [-0.05, 0) is 34.0 Å². The smallest absolute Gasteiger partial charge is 0.134 e. The van der Waals surface area contributed by atoms with Crippen LogP contribution in [0.5, 0.6) is 5.75 Å². The molecule has 0 spiro atoms. The predicted octanol–water partition coefficient (Wildman–Crippen LogP) is 3.91. The van der Waals surface area contributed by atoms with E-state index in [0.717, 1.165) is 47.1 Å². The molecule has 2 atom stereocenters. The zero-order valence-electron chi connectivity index (χ0n) is 12.0. The van der Waals surface area contributed by atoms with E-state index in [1.54, 1.807) is 0 Å².